The molecule has 1 N–H and O–H groups in total. The molecule has 0 bridgehead atoms. The van der Waals surface area contributed by atoms with Crippen molar-refractivity contribution >= 4 is 11.7 Å². The summed E-state index contributed by atoms with van der Waals surface area (Å²) in [6, 6.07) is 12.7. The molecule has 1 aromatic carbocycles. The lowest BCUT2D eigenvalue weighted by atomic mass is 9.95. The van der Waals surface area contributed by atoms with Crippen molar-refractivity contribution in [3.05, 3.63) is 69.8 Å². The second-order valence-electron chi connectivity index (χ2n) is 7.79. The fourth-order valence-electron chi connectivity index (χ4n) is 4.27. The third-order valence-electron chi connectivity index (χ3n) is 5.94. The highest BCUT2D eigenvalue weighted by molar-refractivity contribution is 5.94. The van der Waals surface area contributed by atoms with Gasteiger partial charge in [0.25, 0.3) is 11.5 Å². The molecule has 1 amide bonds. The number of rotatable bonds is 3. The summed E-state index contributed by atoms with van der Waals surface area (Å²) in [6.45, 7) is 2.54. The Hall–Kier alpha value is -3.42. The molecule has 2 aromatic heterocycles. The highest BCUT2D eigenvalue weighted by atomic mass is 16.2. The van der Waals surface area contributed by atoms with Gasteiger partial charge in [0, 0.05) is 43.5 Å². The first-order chi connectivity index (χ1) is 14.7. The molecule has 30 heavy (non-hydrogen) atoms. The Morgan fingerprint density at radius 1 is 0.933 bits per heavy atom. The van der Waals surface area contributed by atoms with Gasteiger partial charge in [0.05, 0.1) is 5.69 Å². The summed E-state index contributed by atoms with van der Waals surface area (Å²) in [5, 5.41) is 11.9. The molecule has 5 rings (SSSR count). The Morgan fingerprint density at radius 3 is 2.50 bits per heavy atom. The van der Waals surface area contributed by atoms with Crippen molar-refractivity contribution in [2.45, 2.75) is 25.7 Å². The molecule has 0 unspecified atom stereocenters. The molecule has 1 saturated heterocycles. The lowest BCUT2D eigenvalue weighted by Gasteiger charge is -2.35. The minimum Gasteiger partial charge on any atom is -0.352 e. The topological polar surface area (TPSA) is 87.1 Å². The molecule has 8 heteroatoms. The maximum atomic E-state index is 13.0. The second-order valence-corrected chi connectivity index (χ2v) is 7.79. The number of fused-ring (bicyclic) bond motifs is 1. The highest BCUT2D eigenvalue weighted by Gasteiger charge is 2.28. The summed E-state index contributed by atoms with van der Waals surface area (Å²) in [7, 11) is 0. The molecule has 2 aliphatic rings. The van der Waals surface area contributed by atoms with Crippen LogP contribution in [-0.2, 0) is 12.8 Å². The first-order valence-corrected chi connectivity index (χ1v) is 10.5. The SMILES string of the molecule is O=C(c1n[nH]c2c1CCCC2)N1CCN(c2ccc(=O)n(-c3ccccc3)n2)CC1. The van der Waals surface area contributed by atoms with E-state index in [9.17, 15) is 9.59 Å². The molecule has 3 heterocycles. The van der Waals surface area contributed by atoms with Gasteiger partial charge in [0.15, 0.2) is 5.69 Å². The van der Waals surface area contributed by atoms with Gasteiger partial charge in [-0.1, -0.05) is 18.2 Å². The fraction of sp³-hybridized carbons (Fsp3) is 0.364. The number of nitrogens with one attached hydrogen (secondary N) is 1. The summed E-state index contributed by atoms with van der Waals surface area (Å²) in [5.74, 6) is 0.749. The van der Waals surface area contributed by atoms with Gasteiger partial charge in [-0.25, -0.2) is 0 Å². The zero-order valence-electron chi connectivity index (χ0n) is 16.8. The van der Waals surface area contributed by atoms with Crippen molar-refractivity contribution in [3.8, 4) is 5.69 Å². The van der Waals surface area contributed by atoms with Crippen molar-refractivity contribution < 1.29 is 4.79 Å². The fourth-order valence-corrected chi connectivity index (χ4v) is 4.27. The number of carbonyl (C=O) groups excluding carboxylic acids is 1. The van der Waals surface area contributed by atoms with E-state index in [2.05, 4.69) is 20.2 Å². The van der Waals surface area contributed by atoms with Gasteiger partial charge in [-0.2, -0.15) is 9.78 Å². The van der Waals surface area contributed by atoms with Gasteiger partial charge in [0.2, 0.25) is 0 Å². The number of piperazine rings is 1. The molecule has 0 spiro atoms. The summed E-state index contributed by atoms with van der Waals surface area (Å²) in [5.41, 5.74) is 3.39. The number of benzene rings is 1. The van der Waals surface area contributed by atoms with Gasteiger partial charge >= 0.3 is 0 Å². The number of aromatic nitrogens is 4. The van der Waals surface area contributed by atoms with Gasteiger partial charge in [-0.15, -0.1) is 5.10 Å². The van der Waals surface area contributed by atoms with Crippen LogP contribution < -0.4 is 10.5 Å². The van der Waals surface area contributed by atoms with Crippen molar-refractivity contribution in [2.75, 3.05) is 31.1 Å². The number of hydrogen-bond donors (Lipinski definition) is 1. The maximum absolute atomic E-state index is 13.0. The van der Waals surface area contributed by atoms with Crippen molar-refractivity contribution in [1.29, 1.82) is 0 Å². The van der Waals surface area contributed by atoms with Crippen molar-refractivity contribution in [3.63, 3.8) is 0 Å². The molecule has 8 nitrogen and oxygen atoms in total. The molecule has 3 aromatic rings. The average molecular weight is 404 g/mol. The quantitative estimate of drug-likeness (QED) is 0.719. The van der Waals surface area contributed by atoms with E-state index in [1.807, 2.05) is 35.2 Å². The molecular weight excluding hydrogens is 380 g/mol. The van der Waals surface area contributed by atoms with Crippen molar-refractivity contribution in [1.82, 2.24) is 24.9 Å². The second kappa shape index (κ2) is 7.78. The Morgan fingerprint density at radius 2 is 1.70 bits per heavy atom. The van der Waals surface area contributed by atoms with Crippen LogP contribution in [0.25, 0.3) is 5.69 Å². The van der Waals surface area contributed by atoms with E-state index in [0.717, 1.165) is 48.4 Å². The van der Waals surface area contributed by atoms with Crippen LogP contribution in [0.5, 0.6) is 0 Å². The van der Waals surface area contributed by atoms with E-state index < -0.39 is 0 Å². The highest BCUT2D eigenvalue weighted by Crippen LogP contribution is 2.24. The van der Waals surface area contributed by atoms with E-state index in [0.29, 0.717) is 31.9 Å². The smallest absolute Gasteiger partial charge is 0.274 e. The third-order valence-corrected chi connectivity index (χ3v) is 5.94. The summed E-state index contributed by atoms with van der Waals surface area (Å²) >= 11 is 0. The number of anilines is 1. The van der Waals surface area contributed by atoms with Crippen LogP contribution in [0.15, 0.2) is 47.3 Å². The van der Waals surface area contributed by atoms with Crippen LogP contribution in [-0.4, -0.2) is 57.0 Å². The Labute approximate surface area is 174 Å². The van der Waals surface area contributed by atoms with Gasteiger partial charge in [-0.3, -0.25) is 14.7 Å². The normalized spacial score (nSPS) is 16.4. The van der Waals surface area contributed by atoms with Crippen LogP contribution >= 0.6 is 0 Å². The number of carbonyl (C=O) groups is 1. The van der Waals surface area contributed by atoms with Crippen molar-refractivity contribution in [2.24, 2.45) is 0 Å². The summed E-state index contributed by atoms with van der Waals surface area (Å²) in [4.78, 5) is 29.3. The molecular formula is C22H24N6O2. The first kappa shape index (κ1) is 18.6. The molecule has 0 radical (unpaired) electrons. The Balaban J connectivity index is 1.30. The van der Waals surface area contributed by atoms with Crippen LogP contribution in [0.2, 0.25) is 0 Å². The van der Waals surface area contributed by atoms with Gasteiger partial charge < -0.3 is 9.80 Å². The monoisotopic (exact) mass is 404 g/mol. The number of para-hydroxylation sites is 1. The summed E-state index contributed by atoms with van der Waals surface area (Å²) < 4.78 is 1.42. The molecule has 1 aliphatic carbocycles. The Bertz CT molecular complexity index is 1110. The minimum absolute atomic E-state index is 0.0104. The molecule has 1 aliphatic heterocycles. The van der Waals surface area contributed by atoms with E-state index in [4.69, 9.17) is 0 Å². The van der Waals surface area contributed by atoms with E-state index in [-0.39, 0.29) is 11.5 Å². The summed E-state index contributed by atoms with van der Waals surface area (Å²) in [6.07, 6.45) is 4.17. The van der Waals surface area contributed by atoms with E-state index in [1.165, 1.54) is 4.68 Å². The standard InChI is InChI=1S/C22H24N6O2/c29-20-11-10-19(25-28(20)16-6-2-1-3-7-16)26-12-14-27(15-13-26)22(30)21-17-8-4-5-9-18(17)23-24-21/h1-3,6-7,10-11H,4-5,8-9,12-15H2,(H,23,24). The number of H-pyrrole nitrogens is 1. The van der Waals surface area contributed by atoms with Gasteiger partial charge in [-0.05, 0) is 43.9 Å². The zero-order valence-corrected chi connectivity index (χ0v) is 16.8. The van der Waals surface area contributed by atoms with Crippen LogP contribution in [0.3, 0.4) is 0 Å². The molecule has 0 atom stereocenters. The minimum atomic E-state index is -0.165. The number of nitrogens with zero attached hydrogens (tertiary/aromatic N) is 5. The predicted molar refractivity (Wildman–Crippen MR) is 113 cm³/mol. The molecule has 154 valence electrons. The number of amides is 1. The largest absolute Gasteiger partial charge is 0.352 e. The third kappa shape index (κ3) is 3.38. The first-order valence-electron chi connectivity index (χ1n) is 10.5. The van der Waals surface area contributed by atoms with Crippen LogP contribution in [0.4, 0.5) is 5.82 Å². The molecule has 0 saturated carbocycles. The Kier molecular flexibility index (Phi) is 4.82. The maximum Gasteiger partial charge on any atom is 0.274 e. The number of hydrogen-bond acceptors (Lipinski definition) is 5. The lowest BCUT2D eigenvalue weighted by Crippen LogP contribution is -2.49. The van der Waals surface area contributed by atoms with E-state index in [1.54, 1.807) is 12.1 Å². The lowest BCUT2D eigenvalue weighted by molar-refractivity contribution is 0.0739. The van der Waals surface area contributed by atoms with Crippen LogP contribution in [0, 0.1) is 0 Å². The van der Waals surface area contributed by atoms with E-state index >= 15 is 0 Å². The number of aryl methyl sites for hydroxylation is 1. The van der Waals surface area contributed by atoms with Gasteiger partial charge in [0.1, 0.15) is 5.82 Å². The zero-order chi connectivity index (χ0) is 20.5. The average Bonchev–Trinajstić information content (AvgIpc) is 3.24. The molecule has 1 fully saturated rings. The number of aromatic amines is 1. The predicted octanol–water partition coefficient (Wildman–Crippen LogP) is 1.80. The van der Waals surface area contributed by atoms with Crippen LogP contribution in [0.1, 0.15) is 34.6 Å².